The van der Waals surface area contributed by atoms with E-state index in [2.05, 4.69) is 10.2 Å². The molecule has 1 N–H and O–H groups in total. The van der Waals surface area contributed by atoms with E-state index in [0.717, 1.165) is 38.3 Å². The van der Waals surface area contributed by atoms with Gasteiger partial charge in [-0.25, -0.2) is 4.39 Å². The fraction of sp³-hybridized carbons (Fsp3) is 0.500. The number of hydrogen-bond acceptors (Lipinski definition) is 2. The van der Waals surface area contributed by atoms with Gasteiger partial charge in [-0.05, 0) is 30.2 Å². The monoisotopic (exact) mass is 208 g/mol. The third-order valence-electron chi connectivity index (χ3n) is 2.91. The van der Waals surface area contributed by atoms with Gasteiger partial charge in [0.25, 0.3) is 0 Å². The summed E-state index contributed by atoms with van der Waals surface area (Å²) in [5, 5.41) is 3.32. The highest BCUT2D eigenvalue weighted by Gasteiger charge is 2.10. The number of halogens is 1. The molecule has 1 aliphatic heterocycles. The third-order valence-corrected chi connectivity index (χ3v) is 2.91. The van der Waals surface area contributed by atoms with Crippen molar-refractivity contribution in [2.75, 3.05) is 26.2 Å². The smallest absolute Gasteiger partial charge is 0.123 e. The molecule has 0 unspecified atom stereocenters. The molecule has 3 heteroatoms. The molecule has 1 aromatic carbocycles. The van der Waals surface area contributed by atoms with E-state index in [9.17, 15) is 4.39 Å². The molecule has 0 saturated carbocycles. The molecule has 0 radical (unpaired) electrons. The Morgan fingerprint density at radius 3 is 2.73 bits per heavy atom. The minimum Gasteiger partial charge on any atom is -0.314 e. The number of hydrogen-bond donors (Lipinski definition) is 1. The molecular formula is C12H17FN2. The largest absolute Gasteiger partial charge is 0.314 e. The fourth-order valence-electron chi connectivity index (χ4n) is 1.95. The second kappa shape index (κ2) is 4.73. The number of benzene rings is 1. The zero-order chi connectivity index (χ0) is 10.7. The molecule has 0 atom stereocenters. The van der Waals surface area contributed by atoms with Gasteiger partial charge < -0.3 is 5.32 Å². The van der Waals surface area contributed by atoms with E-state index in [4.69, 9.17) is 0 Å². The van der Waals surface area contributed by atoms with Crippen molar-refractivity contribution in [3.8, 4) is 0 Å². The zero-order valence-electron chi connectivity index (χ0n) is 9.09. The maximum Gasteiger partial charge on any atom is 0.123 e. The van der Waals surface area contributed by atoms with Gasteiger partial charge in [0.05, 0.1) is 0 Å². The molecule has 15 heavy (non-hydrogen) atoms. The summed E-state index contributed by atoms with van der Waals surface area (Å²) in [5.41, 5.74) is 2.28. The number of nitrogens with one attached hydrogen (secondary N) is 1. The van der Waals surface area contributed by atoms with Crippen molar-refractivity contribution in [2.45, 2.75) is 13.5 Å². The molecule has 0 aliphatic carbocycles. The summed E-state index contributed by atoms with van der Waals surface area (Å²) in [7, 11) is 0. The van der Waals surface area contributed by atoms with Gasteiger partial charge in [0.2, 0.25) is 0 Å². The Labute approximate surface area is 90.1 Å². The van der Waals surface area contributed by atoms with Crippen LogP contribution >= 0.6 is 0 Å². The molecule has 0 spiro atoms. The van der Waals surface area contributed by atoms with Crippen LogP contribution < -0.4 is 5.32 Å². The summed E-state index contributed by atoms with van der Waals surface area (Å²) < 4.78 is 12.9. The lowest BCUT2D eigenvalue weighted by Gasteiger charge is -2.27. The van der Waals surface area contributed by atoms with Crippen LogP contribution in [0.3, 0.4) is 0 Å². The van der Waals surface area contributed by atoms with E-state index in [1.165, 1.54) is 5.56 Å². The Balaban J connectivity index is 2.03. The summed E-state index contributed by atoms with van der Waals surface area (Å²) in [6.45, 7) is 7.18. The van der Waals surface area contributed by atoms with Gasteiger partial charge in [0.15, 0.2) is 0 Å². The van der Waals surface area contributed by atoms with Crippen LogP contribution in [0.5, 0.6) is 0 Å². The second-order valence-electron chi connectivity index (χ2n) is 4.10. The highest BCUT2D eigenvalue weighted by molar-refractivity contribution is 5.26. The molecule has 1 saturated heterocycles. The van der Waals surface area contributed by atoms with Crippen molar-refractivity contribution in [1.29, 1.82) is 0 Å². The minimum atomic E-state index is -0.142. The van der Waals surface area contributed by atoms with Crippen LogP contribution in [-0.4, -0.2) is 31.1 Å². The number of piperazine rings is 1. The first kappa shape index (κ1) is 10.6. The summed E-state index contributed by atoms with van der Waals surface area (Å²) in [5.74, 6) is -0.142. The molecule has 0 aromatic heterocycles. The van der Waals surface area contributed by atoms with Gasteiger partial charge in [-0.3, -0.25) is 4.90 Å². The first-order chi connectivity index (χ1) is 7.25. The molecule has 1 aliphatic rings. The number of aryl methyl sites for hydroxylation is 1. The van der Waals surface area contributed by atoms with Crippen LogP contribution in [0, 0.1) is 12.7 Å². The SMILES string of the molecule is Cc1cc(F)ccc1CN1CCNCC1. The molecule has 1 heterocycles. The van der Waals surface area contributed by atoms with Gasteiger partial charge in [0, 0.05) is 32.7 Å². The van der Waals surface area contributed by atoms with Crippen molar-refractivity contribution >= 4 is 0 Å². The average Bonchev–Trinajstić information content (AvgIpc) is 2.24. The van der Waals surface area contributed by atoms with Crippen LogP contribution in [0.1, 0.15) is 11.1 Å². The Bertz CT molecular complexity index is 332. The number of rotatable bonds is 2. The van der Waals surface area contributed by atoms with Crippen molar-refractivity contribution in [2.24, 2.45) is 0 Å². The highest BCUT2D eigenvalue weighted by atomic mass is 19.1. The Kier molecular flexibility index (Phi) is 3.34. The summed E-state index contributed by atoms with van der Waals surface area (Å²) in [4.78, 5) is 2.40. The quantitative estimate of drug-likeness (QED) is 0.793. The van der Waals surface area contributed by atoms with E-state index < -0.39 is 0 Å². The van der Waals surface area contributed by atoms with E-state index >= 15 is 0 Å². The van der Waals surface area contributed by atoms with Crippen LogP contribution in [0.2, 0.25) is 0 Å². The van der Waals surface area contributed by atoms with E-state index in [1.807, 2.05) is 13.0 Å². The summed E-state index contributed by atoms with van der Waals surface area (Å²) >= 11 is 0. The first-order valence-electron chi connectivity index (χ1n) is 5.44. The lowest BCUT2D eigenvalue weighted by molar-refractivity contribution is 0.233. The normalized spacial score (nSPS) is 18.0. The lowest BCUT2D eigenvalue weighted by Crippen LogP contribution is -2.42. The van der Waals surface area contributed by atoms with Crippen molar-refractivity contribution < 1.29 is 4.39 Å². The molecular weight excluding hydrogens is 191 g/mol. The Hall–Kier alpha value is -0.930. The molecule has 2 rings (SSSR count). The summed E-state index contributed by atoms with van der Waals surface area (Å²) in [6, 6.07) is 5.05. The number of nitrogens with zero attached hydrogens (tertiary/aromatic N) is 1. The minimum absolute atomic E-state index is 0.142. The Morgan fingerprint density at radius 2 is 2.07 bits per heavy atom. The van der Waals surface area contributed by atoms with Crippen LogP contribution in [0.25, 0.3) is 0 Å². The van der Waals surface area contributed by atoms with Gasteiger partial charge in [0.1, 0.15) is 5.82 Å². The second-order valence-corrected chi connectivity index (χ2v) is 4.10. The maximum atomic E-state index is 12.9. The average molecular weight is 208 g/mol. The first-order valence-corrected chi connectivity index (χ1v) is 5.44. The standard InChI is InChI=1S/C12H17FN2/c1-10-8-12(13)3-2-11(10)9-15-6-4-14-5-7-15/h2-3,8,14H,4-7,9H2,1H3. The fourth-order valence-corrected chi connectivity index (χ4v) is 1.95. The maximum absolute atomic E-state index is 12.9. The third kappa shape index (κ3) is 2.76. The summed E-state index contributed by atoms with van der Waals surface area (Å²) in [6.07, 6.45) is 0. The molecule has 82 valence electrons. The van der Waals surface area contributed by atoms with Crippen LogP contribution in [0.4, 0.5) is 4.39 Å². The van der Waals surface area contributed by atoms with Crippen molar-refractivity contribution in [3.63, 3.8) is 0 Å². The van der Waals surface area contributed by atoms with Crippen molar-refractivity contribution in [3.05, 3.63) is 35.1 Å². The predicted molar refractivity (Wildman–Crippen MR) is 59.3 cm³/mol. The van der Waals surface area contributed by atoms with E-state index in [0.29, 0.717) is 0 Å². The molecule has 0 bridgehead atoms. The van der Waals surface area contributed by atoms with Gasteiger partial charge in [-0.15, -0.1) is 0 Å². The molecule has 1 aromatic rings. The van der Waals surface area contributed by atoms with E-state index in [-0.39, 0.29) is 5.82 Å². The zero-order valence-corrected chi connectivity index (χ0v) is 9.09. The topological polar surface area (TPSA) is 15.3 Å². The van der Waals surface area contributed by atoms with Gasteiger partial charge in [-0.2, -0.15) is 0 Å². The Morgan fingerprint density at radius 1 is 1.33 bits per heavy atom. The van der Waals surface area contributed by atoms with Gasteiger partial charge in [-0.1, -0.05) is 6.07 Å². The van der Waals surface area contributed by atoms with Crippen LogP contribution in [-0.2, 0) is 6.54 Å². The lowest BCUT2D eigenvalue weighted by atomic mass is 10.1. The van der Waals surface area contributed by atoms with Crippen LogP contribution in [0.15, 0.2) is 18.2 Å². The molecule has 2 nitrogen and oxygen atoms in total. The highest BCUT2D eigenvalue weighted by Crippen LogP contribution is 2.12. The van der Waals surface area contributed by atoms with Crippen molar-refractivity contribution in [1.82, 2.24) is 10.2 Å². The molecule has 0 amide bonds. The van der Waals surface area contributed by atoms with Gasteiger partial charge >= 0.3 is 0 Å². The molecule has 1 fully saturated rings. The predicted octanol–water partition coefficient (Wildman–Crippen LogP) is 1.54. The van der Waals surface area contributed by atoms with E-state index in [1.54, 1.807) is 12.1 Å².